The van der Waals surface area contributed by atoms with Crippen molar-refractivity contribution in [2.45, 2.75) is 25.5 Å². The van der Waals surface area contributed by atoms with Crippen LogP contribution in [0, 0.1) is 0 Å². The number of rotatable bonds is 6. The number of amides is 1. The van der Waals surface area contributed by atoms with E-state index in [1.807, 2.05) is 36.4 Å². The molecule has 1 saturated heterocycles. The van der Waals surface area contributed by atoms with Gasteiger partial charge in [0.25, 0.3) is 5.56 Å². The fourth-order valence-electron chi connectivity index (χ4n) is 4.19. The van der Waals surface area contributed by atoms with Gasteiger partial charge in [-0.2, -0.15) is 0 Å². The molecule has 4 aromatic rings. The molecular weight excluding hydrogens is 416 g/mol. The van der Waals surface area contributed by atoms with Gasteiger partial charge in [-0.1, -0.05) is 36.4 Å². The lowest BCUT2D eigenvalue weighted by molar-refractivity contribution is -0.128. The number of carbonyl (C=O) groups excluding carboxylic acids is 1. The topological polar surface area (TPSA) is 88.2 Å². The van der Waals surface area contributed by atoms with E-state index in [0.717, 1.165) is 29.3 Å². The molecule has 33 heavy (non-hydrogen) atoms. The number of hydrogen-bond acceptors (Lipinski definition) is 5. The molecule has 7 nitrogen and oxygen atoms in total. The molecule has 0 unspecified atom stereocenters. The van der Waals surface area contributed by atoms with Crippen LogP contribution in [0.5, 0.6) is 0 Å². The maximum atomic E-state index is 13.2. The molecule has 5 rings (SSSR count). The SMILES string of the molecule is O=C(/C=C/c1cccc2cccnc12)N(Cc1nc2ccccc2c(=O)[nH]1)C[C@@H]1CCCO1. The maximum absolute atomic E-state index is 13.2. The molecule has 0 radical (unpaired) electrons. The van der Waals surface area contributed by atoms with Crippen LogP contribution >= 0.6 is 0 Å². The smallest absolute Gasteiger partial charge is 0.258 e. The molecule has 7 heteroatoms. The van der Waals surface area contributed by atoms with Crippen LogP contribution in [-0.4, -0.2) is 45.0 Å². The molecule has 0 aliphatic carbocycles. The van der Waals surface area contributed by atoms with Gasteiger partial charge < -0.3 is 14.6 Å². The number of benzene rings is 2. The second kappa shape index (κ2) is 9.34. The van der Waals surface area contributed by atoms with E-state index < -0.39 is 0 Å². The van der Waals surface area contributed by atoms with E-state index in [9.17, 15) is 9.59 Å². The molecule has 1 amide bonds. The zero-order valence-electron chi connectivity index (χ0n) is 18.1. The number of nitrogens with zero attached hydrogens (tertiary/aromatic N) is 3. The Morgan fingerprint density at radius 2 is 2.03 bits per heavy atom. The maximum Gasteiger partial charge on any atom is 0.258 e. The number of H-pyrrole nitrogens is 1. The van der Waals surface area contributed by atoms with Crippen molar-refractivity contribution in [3.8, 4) is 0 Å². The summed E-state index contributed by atoms with van der Waals surface area (Å²) in [6.07, 6.45) is 6.95. The molecule has 1 N–H and O–H groups in total. The van der Waals surface area contributed by atoms with Crippen LogP contribution in [-0.2, 0) is 16.1 Å². The lowest BCUT2D eigenvalue weighted by atomic mass is 10.1. The van der Waals surface area contributed by atoms with Crippen LogP contribution in [0.2, 0.25) is 0 Å². The summed E-state index contributed by atoms with van der Waals surface area (Å²) in [5.74, 6) is 0.277. The van der Waals surface area contributed by atoms with Gasteiger partial charge in [-0.15, -0.1) is 0 Å². The predicted molar refractivity (Wildman–Crippen MR) is 128 cm³/mol. The molecule has 3 heterocycles. The van der Waals surface area contributed by atoms with Gasteiger partial charge >= 0.3 is 0 Å². The highest BCUT2D eigenvalue weighted by molar-refractivity contribution is 5.95. The molecule has 0 bridgehead atoms. The standard InChI is InChI=1S/C26H24N4O3/c31-24(13-12-19-7-3-6-18-8-4-14-27-25(18)19)30(16-20-9-5-15-33-20)17-23-28-22-11-2-1-10-21(22)26(32)29-23/h1-4,6-8,10-14,20H,5,9,15-17H2,(H,28,29,32)/b13-12+/t20-/m0/s1. The molecule has 2 aromatic carbocycles. The first-order chi connectivity index (χ1) is 16.2. The van der Waals surface area contributed by atoms with Crippen molar-refractivity contribution in [2.75, 3.05) is 13.2 Å². The normalized spacial score (nSPS) is 16.1. The van der Waals surface area contributed by atoms with E-state index in [1.165, 1.54) is 0 Å². The zero-order valence-corrected chi connectivity index (χ0v) is 18.1. The van der Waals surface area contributed by atoms with Gasteiger partial charge in [0.2, 0.25) is 5.91 Å². The van der Waals surface area contributed by atoms with Gasteiger partial charge in [0.1, 0.15) is 5.82 Å². The Morgan fingerprint density at radius 1 is 1.15 bits per heavy atom. The molecule has 166 valence electrons. The van der Waals surface area contributed by atoms with Crippen LogP contribution < -0.4 is 5.56 Å². The third-order valence-electron chi connectivity index (χ3n) is 5.83. The summed E-state index contributed by atoms with van der Waals surface area (Å²) in [5.41, 5.74) is 2.11. The second-order valence-corrected chi connectivity index (χ2v) is 8.14. The third-order valence-corrected chi connectivity index (χ3v) is 5.83. The van der Waals surface area contributed by atoms with Crippen molar-refractivity contribution in [3.05, 3.63) is 88.6 Å². The lowest BCUT2D eigenvalue weighted by Crippen LogP contribution is -2.36. The largest absolute Gasteiger partial charge is 0.376 e. The number of nitrogens with one attached hydrogen (secondary N) is 1. The van der Waals surface area contributed by atoms with Crippen molar-refractivity contribution in [1.29, 1.82) is 0 Å². The summed E-state index contributed by atoms with van der Waals surface area (Å²) in [4.78, 5) is 39.2. The second-order valence-electron chi connectivity index (χ2n) is 8.14. The van der Waals surface area contributed by atoms with Gasteiger partial charge in [-0.3, -0.25) is 14.6 Å². The Bertz CT molecular complexity index is 1380. The van der Waals surface area contributed by atoms with E-state index >= 15 is 0 Å². The molecule has 0 spiro atoms. The monoisotopic (exact) mass is 440 g/mol. The highest BCUT2D eigenvalue weighted by atomic mass is 16.5. The molecule has 1 aliphatic rings. The quantitative estimate of drug-likeness (QED) is 0.462. The van der Waals surface area contributed by atoms with E-state index in [2.05, 4.69) is 15.0 Å². The summed E-state index contributed by atoms with van der Waals surface area (Å²) < 4.78 is 5.77. The van der Waals surface area contributed by atoms with E-state index in [0.29, 0.717) is 29.9 Å². The average molecular weight is 441 g/mol. The number of carbonyl (C=O) groups is 1. The summed E-state index contributed by atoms with van der Waals surface area (Å²) in [6, 6.07) is 16.9. The fourth-order valence-corrected chi connectivity index (χ4v) is 4.19. The fraction of sp³-hybridized carbons (Fsp3) is 0.231. The van der Waals surface area contributed by atoms with Gasteiger partial charge in [-0.25, -0.2) is 4.98 Å². The number of hydrogen-bond donors (Lipinski definition) is 1. The molecule has 1 aliphatic heterocycles. The number of pyridine rings is 1. The van der Waals surface area contributed by atoms with Crippen LogP contribution in [0.25, 0.3) is 27.9 Å². The average Bonchev–Trinajstić information content (AvgIpc) is 3.35. The third kappa shape index (κ3) is 4.68. The summed E-state index contributed by atoms with van der Waals surface area (Å²) in [7, 11) is 0. The van der Waals surface area contributed by atoms with Gasteiger partial charge in [0.05, 0.1) is 29.1 Å². The molecule has 1 atom stereocenters. The van der Waals surface area contributed by atoms with Crippen molar-refractivity contribution < 1.29 is 9.53 Å². The number of aromatic amines is 1. The van der Waals surface area contributed by atoms with Crippen molar-refractivity contribution in [3.63, 3.8) is 0 Å². The van der Waals surface area contributed by atoms with Crippen LogP contribution in [0.4, 0.5) is 0 Å². The Morgan fingerprint density at radius 3 is 2.91 bits per heavy atom. The van der Waals surface area contributed by atoms with Crippen molar-refractivity contribution in [1.82, 2.24) is 19.9 Å². The lowest BCUT2D eigenvalue weighted by Gasteiger charge is -2.24. The highest BCUT2D eigenvalue weighted by Gasteiger charge is 2.22. The van der Waals surface area contributed by atoms with Crippen molar-refractivity contribution in [2.24, 2.45) is 0 Å². The number of ether oxygens (including phenoxy) is 1. The number of aromatic nitrogens is 3. The Balaban J connectivity index is 1.42. The Kier molecular flexibility index (Phi) is 5.95. The van der Waals surface area contributed by atoms with Gasteiger partial charge in [0.15, 0.2) is 0 Å². The van der Waals surface area contributed by atoms with E-state index in [1.54, 1.807) is 41.4 Å². The van der Waals surface area contributed by atoms with Crippen molar-refractivity contribution >= 4 is 33.8 Å². The number of fused-ring (bicyclic) bond motifs is 2. The number of para-hydroxylation sites is 2. The predicted octanol–water partition coefficient (Wildman–Crippen LogP) is 3.69. The summed E-state index contributed by atoms with van der Waals surface area (Å²) >= 11 is 0. The Labute approximate surface area is 190 Å². The van der Waals surface area contributed by atoms with Gasteiger partial charge in [0, 0.05) is 36.4 Å². The Hall–Kier alpha value is -3.84. The highest BCUT2D eigenvalue weighted by Crippen LogP contribution is 2.19. The first kappa shape index (κ1) is 21.0. The molecule has 2 aromatic heterocycles. The zero-order chi connectivity index (χ0) is 22.6. The van der Waals surface area contributed by atoms with E-state index in [-0.39, 0.29) is 24.1 Å². The molecule has 0 saturated carbocycles. The van der Waals surface area contributed by atoms with Crippen LogP contribution in [0.1, 0.15) is 24.2 Å². The van der Waals surface area contributed by atoms with Crippen LogP contribution in [0.3, 0.4) is 0 Å². The summed E-state index contributed by atoms with van der Waals surface area (Å²) in [5, 5.41) is 1.54. The summed E-state index contributed by atoms with van der Waals surface area (Å²) in [6.45, 7) is 1.33. The first-order valence-corrected chi connectivity index (χ1v) is 11.1. The minimum Gasteiger partial charge on any atom is -0.376 e. The first-order valence-electron chi connectivity index (χ1n) is 11.1. The van der Waals surface area contributed by atoms with E-state index in [4.69, 9.17) is 4.74 Å². The minimum absolute atomic E-state index is 0.0197. The molecular formula is C26H24N4O3. The minimum atomic E-state index is -0.211. The van der Waals surface area contributed by atoms with Crippen LogP contribution in [0.15, 0.2) is 71.7 Å². The van der Waals surface area contributed by atoms with Gasteiger partial charge in [-0.05, 0) is 37.1 Å². The molecule has 1 fully saturated rings.